The Morgan fingerprint density at radius 3 is 2.90 bits per heavy atom. The molecule has 112 valence electrons. The van der Waals surface area contributed by atoms with Crippen LogP contribution < -0.4 is 5.43 Å². The van der Waals surface area contributed by atoms with Crippen LogP contribution in [0.25, 0.3) is 6.08 Å². The van der Waals surface area contributed by atoms with Crippen molar-refractivity contribution in [1.82, 2.24) is 10.4 Å². The zero-order valence-electron chi connectivity index (χ0n) is 11.8. The van der Waals surface area contributed by atoms with Gasteiger partial charge >= 0.3 is 0 Å². The van der Waals surface area contributed by atoms with Crippen LogP contribution in [0.15, 0.2) is 28.1 Å². The maximum Gasteiger partial charge on any atom is 0.286 e. The Balaban J connectivity index is 2.22. The van der Waals surface area contributed by atoms with E-state index in [2.05, 4.69) is 10.4 Å². The number of carbonyl (C=O) groups is 1. The van der Waals surface area contributed by atoms with Crippen molar-refractivity contribution >= 4 is 28.9 Å². The van der Waals surface area contributed by atoms with Gasteiger partial charge in [0.15, 0.2) is 5.17 Å². The molecule has 0 aromatic heterocycles. The molecule has 1 amide bonds. The number of phenols is 1. The van der Waals surface area contributed by atoms with E-state index in [1.54, 1.807) is 5.01 Å². The molecular weight excluding hydrogens is 293 g/mol. The topological polar surface area (TPSA) is 64.9 Å². The highest BCUT2D eigenvalue weighted by atomic mass is 32.2. The lowest BCUT2D eigenvalue weighted by molar-refractivity contribution is -0.113. The number of phenolic OH excluding ortho intramolecular Hbond substituents is 1. The fourth-order valence-electron chi connectivity index (χ4n) is 1.80. The second kappa shape index (κ2) is 6.73. The van der Waals surface area contributed by atoms with Crippen LogP contribution in [0.5, 0.6) is 5.75 Å². The number of nitrogens with one attached hydrogen (secondary N) is 1. The Morgan fingerprint density at radius 1 is 1.48 bits per heavy atom. The first-order valence-electron chi connectivity index (χ1n) is 6.57. The smallest absolute Gasteiger partial charge is 0.286 e. The molecule has 5 nitrogen and oxygen atoms in total. The van der Waals surface area contributed by atoms with Crippen molar-refractivity contribution in [3.05, 3.63) is 34.5 Å². The van der Waals surface area contributed by atoms with Gasteiger partial charge < -0.3 is 5.11 Å². The van der Waals surface area contributed by atoms with Gasteiger partial charge in [0.1, 0.15) is 11.6 Å². The molecule has 0 unspecified atom stereocenters. The predicted octanol–water partition coefficient (Wildman–Crippen LogP) is 2.35. The largest absolute Gasteiger partial charge is 0.507 e. The summed E-state index contributed by atoms with van der Waals surface area (Å²) in [5.41, 5.74) is 3.35. The number of amidine groups is 1. The molecule has 1 heterocycles. The lowest BCUT2D eigenvalue weighted by Crippen LogP contribution is -2.40. The van der Waals surface area contributed by atoms with Gasteiger partial charge in [0.25, 0.3) is 5.91 Å². The average molecular weight is 309 g/mol. The molecule has 2 rings (SSSR count). The van der Waals surface area contributed by atoms with Crippen LogP contribution in [0, 0.1) is 5.82 Å². The monoisotopic (exact) mass is 309 g/mol. The van der Waals surface area contributed by atoms with Crippen LogP contribution in [-0.4, -0.2) is 34.3 Å². The Morgan fingerprint density at radius 2 is 2.24 bits per heavy atom. The van der Waals surface area contributed by atoms with Crippen molar-refractivity contribution < 1.29 is 14.3 Å². The van der Waals surface area contributed by atoms with Crippen LogP contribution in [-0.2, 0) is 4.79 Å². The molecular formula is C14H16FN3O2S. The number of halogens is 1. The zero-order valence-corrected chi connectivity index (χ0v) is 12.6. The van der Waals surface area contributed by atoms with E-state index in [0.29, 0.717) is 23.2 Å². The second-order valence-corrected chi connectivity index (χ2v) is 5.28. The first-order chi connectivity index (χ1) is 10.0. The number of rotatable bonds is 4. The number of hydrogen-bond donors (Lipinski definition) is 2. The van der Waals surface area contributed by atoms with E-state index in [0.717, 1.165) is 6.07 Å². The van der Waals surface area contributed by atoms with Crippen molar-refractivity contribution in [2.45, 2.75) is 13.8 Å². The van der Waals surface area contributed by atoms with E-state index in [4.69, 9.17) is 0 Å². The summed E-state index contributed by atoms with van der Waals surface area (Å²) in [6, 6.07) is 3.59. The van der Waals surface area contributed by atoms with Crippen molar-refractivity contribution in [2.75, 3.05) is 13.1 Å². The number of hydrogen-bond acceptors (Lipinski definition) is 5. The Hall–Kier alpha value is -1.86. The SMILES string of the molecule is CCNN(CC)C1=NC(=O)/C(=C/c2cc(F)ccc2O)S1. The number of thioether (sulfide) groups is 1. The minimum absolute atomic E-state index is 0.0789. The third kappa shape index (κ3) is 3.62. The van der Waals surface area contributed by atoms with E-state index >= 15 is 0 Å². The zero-order chi connectivity index (χ0) is 15.4. The van der Waals surface area contributed by atoms with Crippen molar-refractivity contribution in [2.24, 2.45) is 4.99 Å². The number of nitrogens with zero attached hydrogens (tertiary/aromatic N) is 2. The molecule has 2 N–H and O–H groups in total. The first-order valence-corrected chi connectivity index (χ1v) is 7.39. The predicted molar refractivity (Wildman–Crippen MR) is 82.1 cm³/mol. The number of hydrazine groups is 1. The van der Waals surface area contributed by atoms with E-state index in [1.807, 2.05) is 13.8 Å². The van der Waals surface area contributed by atoms with E-state index in [1.165, 1.54) is 30.0 Å². The lowest BCUT2D eigenvalue weighted by atomic mass is 10.2. The summed E-state index contributed by atoms with van der Waals surface area (Å²) in [6.45, 7) is 5.26. The quantitative estimate of drug-likeness (QED) is 0.660. The molecule has 0 atom stereocenters. The molecule has 7 heteroatoms. The van der Waals surface area contributed by atoms with Crippen LogP contribution in [0.1, 0.15) is 19.4 Å². The Labute approximate surface area is 126 Å². The maximum absolute atomic E-state index is 13.2. The highest BCUT2D eigenvalue weighted by Crippen LogP contribution is 2.31. The van der Waals surface area contributed by atoms with Crippen molar-refractivity contribution in [3.8, 4) is 5.75 Å². The van der Waals surface area contributed by atoms with Crippen LogP contribution >= 0.6 is 11.8 Å². The van der Waals surface area contributed by atoms with Gasteiger partial charge in [-0.25, -0.2) is 9.82 Å². The number of carbonyl (C=O) groups excluding carboxylic acids is 1. The Kier molecular flexibility index (Phi) is 4.98. The van der Waals surface area contributed by atoms with Crippen molar-refractivity contribution in [3.63, 3.8) is 0 Å². The average Bonchev–Trinajstić information content (AvgIpc) is 2.81. The highest BCUT2D eigenvalue weighted by Gasteiger charge is 2.25. The third-order valence-corrected chi connectivity index (χ3v) is 3.79. The Bertz CT molecular complexity index is 616. The van der Waals surface area contributed by atoms with Crippen LogP contribution in [0.2, 0.25) is 0 Å². The molecule has 21 heavy (non-hydrogen) atoms. The summed E-state index contributed by atoms with van der Waals surface area (Å²) in [7, 11) is 0. The van der Waals surface area contributed by atoms with Gasteiger partial charge in [0, 0.05) is 18.7 Å². The molecule has 0 saturated carbocycles. The normalized spacial score (nSPS) is 16.4. The van der Waals surface area contributed by atoms with Gasteiger partial charge in [-0.05, 0) is 43.0 Å². The lowest BCUT2D eigenvalue weighted by Gasteiger charge is -2.21. The van der Waals surface area contributed by atoms with E-state index < -0.39 is 11.7 Å². The molecule has 1 aromatic rings. The van der Waals surface area contributed by atoms with Crippen LogP contribution in [0.3, 0.4) is 0 Å². The number of amides is 1. The minimum Gasteiger partial charge on any atom is -0.507 e. The summed E-state index contributed by atoms with van der Waals surface area (Å²) in [5, 5.41) is 12.0. The molecule has 0 saturated heterocycles. The summed E-state index contributed by atoms with van der Waals surface area (Å²) in [6.07, 6.45) is 1.45. The van der Waals surface area contributed by atoms with E-state index in [9.17, 15) is 14.3 Å². The van der Waals surface area contributed by atoms with Gasteiger partial charge in [-0.1, -0.05) is 6.92 Å². The standard InChI is InChI=1S/C14H16FN3O2S/c1-3-16-18(4-2)14-17-13(20)12(21-14)8-9-7-10(15)5-6-11(9)19/h5-8,16,19H,3-4H2,1-2H3/b12-8-. The van der Waals surface area contributed by atoms with Gasteiger partial charge in [-0.3, -0.25) is 9.80 Å². The summed E-state index contributed by atoms with van der Waals surface area (Å²) >= 11 is 1.19. The minimum atomic E-state index is -0.473. The van der Waals surface area contributed by atoms with Crippen molar-refractivity contribution in [1.29, 1.82) is 0 Å². The molecule has 1 aliphatic rings. The highest BCUT2D eigenvalue weighted by molar-refractivity contribution is 8.18. The molecule has 0 fully saturated rings. The fraction of sp³-hybridized carbons (Fsp3) is 0.286. The number of benzene rings is 1. The van der Waals surface area contributed by atoms with Gasteiger partial charge in [0.2, 0.25) is 0 Å². The molecule has 0 spiro atoms. The van der Waals surface area contributed by atoms with Gasteiger partial charge in [-0.15, -0.1) is 0 Å². The molecule has 0 radical (unpaired) electrons. The number of aliphatic imine (C=N–C) groups is 1. The summed E-state index contributed by atoms with van der Waals surface area (Å²) in [5.74, 6) is -0.945. The summed E-state index contributed by atoms with van der Waals surface area (Å²) in [4.78, 5) is 16.2. The molecule has 1 aromatic carbocycles. The van der Waals surface area contributed by atoms with E-state index in [-0.39, 0.29) is 11.3 Å². The number of aromatic hydroxyl groups is 1. The van der Waals surface area contributed by atoms with Gasteiger partial charge in [-0.2, -0.15) is 4.99 Å². The summed E-state index contributed by atoms with van der Waals surface area (Å²) < 4.78 is 13.2. The van der Waals surface area contributed by atoms with Gasteiger partial charge in [0.05, 0.1) is 4.91 Å². The second-order valence-electron chi connectivity index (χ2n) is 4.27. The molecule has 0 bridgehead atoms. The maximum atomic E-state index is 13.2. The molecule has 1 aliphatic heterocycles. The molecule has 0 aliphatic carbocycles. The fourth-order valence-corrected chi connectivity index (χ4v) is 2.75. The first kappa shape index (κ1) is 15.5. The van der Waals surface area contributed by atoms with Crippen LogP contribution in [0.4, 0.5) is 4.39 Å². The third-order valence-electron chi connectivity index (χ3n) is 2.78.